The van der Waals surface area contributed by atoms with Gasteiger partial charge in [-0.3, -0.25) is 0 Å². The summed E-state index contributed by atoms with van der Waals surface area (Å²) in [7, 11) is -3.04. The summed E-state index contributed by atoms with van der Waals surface area (Å²) in [4.78, 5) is 26.2. The molecule has 0 amide bonds. The number of hydrogen-bond donors (Lipinski definition) is 2. The molecule has 4 aromatic rings. The van der Waals surface area contributed by atoms with Crippen LogP contribution in [0, 0.1) is 0 Å². The molecule has 234 valence electrons. The van der Waals surface area contributed by atoms with E-state index in [4.69, 9.17) is 18.6 Å². The molecule has 1 aliphatic heterocycles. The molecule has 45 heavy (non-hydrogen) atoms. The van der Waals surface area contributed by atoms with Gasteiger partial charge >= 0.3 is 11.9 Å². The Balaban J connectivity index is 1.46. The maximum atomic E-state index is 13.2. The lowest BCUT2D eigenvalue weighted by Gasteiger charge is -2.46. The van der Waals surface area contributed by atoms with E-state index >= 15 is 0 Å². The number of carbonyl (C=O) groups is 2. The highest BCUT2D eigenvalue weighted by Crippen LogP contribution is 2.37. The lowest BCUT2D eigenvalue weighted by molar-refractivity contribution is -0.284. The summed E-state index contributed by atoms with van der Waals surface area (Å²) in [6, 6.07) is 36.4. The van der Waals surface area contributed by atoms with E-state index in [0.29, 0.717) is 0 Å². The normalized spacial score (nSPS) is 21.9. The first-order chi connectivity index (χ1) is 21.6. The van der Waals surface area contributed by atoms with Crippen molar-refractivity contribution in [1.29, 1.82) is 0 Å². The Morgan fingerprint density at radius 2 is 1.07 bits per heavy atom. The van der Waals surface area contributed by atoms with E-state index in [-0.39, 0.29) is 22.8 Å². The summed E-state index contributed by atoms with van der Waals surface area (Å²) in [5.74, 6) is -1.51. The Kier molecular flexibility index (Phi) is 9.96. The number of esters is 2. The van der Waals surface area contributed by atoms with Gasteiger partial charge in [0.1, 0.15) is 12.2 Å². The van der Waals surface area contributed by atoms with Crippen molar-refractivity contribution in [2.45, 2.75) is 56.5 Å². The molecule has 9 heteroatoms. The molecule has 1 saturated heterocycles. The molecule has 0 aliphatic carbocycles. The average Bonchev–Trinajstić information content (AvgIpc) is 3.06. The van der Waals surface area contributed by atoms with Crippen LogP contribution >= 0.6 is 0 Å². The molecular formula is C36H38O8Si. The van der Waals surface area contributed by atoms with E-state index in [2.05, 4.69) is 20.8 Å². The van der Waals surface area contributed by atoms with Gasteiger partial charge in [-0.05, 0) is 39.7 Å². The molecule has 1 fully saturated rings. The fourth-order valence-corrected chi connectivity index (χ4v) is 10.4. The smallest absolute Gasteiger partial charge is 0.338 e. The van der Waals surface area contributed by atoms with Gasteiger partial charge in [-0.25, -0.2) is 9.59 Å². The highest BCUT2D eigenvalue weighted by molar-refractivity contribution is 6.99. The monoisotopic (exact) mass is 626 g/mol. The van der Waals surface area contributed by atoms with Gasteiger partial charge in [0.25, 0.3) is 8.32 Å². The predicted molar refractivity (Wildman–Crippen MR) is 172 cm³/mol. The SMILES string of the molecule is CC(C)(C)[Si](OC[C@H]1O[C@H](O)[C@H](OC(=O)c2ccccc2)[C@@H](OC(=O)c2ccccc2)[C@H]1O)(c1ccccc1)c1ccccc1. The molecule has 0 spiro atoms. The summed E-state index contributed by atoms with van der Waals surface area (Å²) in [5.41, 5.74) is 0.461. The molecule has 0 saturated carbocycles. The second-order valence-electron chi connectivity index (χ2n) is 12.0. The fraction of sp³-hybridized carbons (Fsp3) is 0.278. The standard InChI is InChI=1S/C36H38O8Si/c1-36(2,3)45(27-20-12-6-13-21-27,28-22-14-7-15-23-28)41-24-29-30(37)31(43-33(38)25-16-8-4-9-17-25)32(35(40)42-29)44-34(39)26-18-10-5-11-19-26/h4-23,29-32,35,37,40H,24H2,1-3H3/t29-,30+,31+,32-,35+/m1/s1. The highest BCUT2D eigenvalue weighted by Gasteiger charge is 2.53. The number of carbonyl (C=O) groups excluding carboxylic acids is 2. The third-order valence-electron chi connectivity index (χ3n) is 8.02. The third-order valence-corrected chi connectivity index (χ3v) is 13.0. The van der Waals surface area contributed by atoms with Crippen LogP contribution in [0.15, 0.2) is 121 Å². The zero-order chi connectivity index (χ0) is 32.0. The van der Waals surface area contributed by atoms with Crippen LogP contribution in [0.3, 0.4) is 0 Å². The summed E-state index contributed by atoms with van der Waals surface area (Å²) in [6.45, 7) is 6.23. The van der Waals surface area contributed by atoms with Crippen molar-refractivity contribution >= 4 is 30.6 Å². The minimum atomic E-state index is -3.04. The second-order valence-corrected chi connectivity index (χ2v) is 16.3. The molecule has 1 heterocycles. The minimum absolute atomic E-state index is 0.135. The fourth-order valence-electron chi connectivity index (χ4n) is 5.81. The number of benzene rings is 4. The van der Waals surface area contributed by atoms with E-state index in [9.17, 15) is 19.8 Å². The topological polar surface area (TPSA) is 112 Å². The number of aliphatic hydroxyl groups excluding tert-OH is 2. The Labute approximate surface area is 264 Å². The third kappa shape index (κ3) is 6.93. The largest absolute Gasteiger partial charge is 0.452 e. The van der Waals surface area contributed by atoms with Crippen LogP contribution in [0.2, 0.25) is 5.04 Å². The van der Waals surface area contributed by atoms with Crippen LogP contribution in [-0.4, -0.2) is 67.8 Å². The summed E-state index contributed by atoms with van der Waals surface area (Å²) < 4.78 is 24.2. The Bertz CT molecular complexity index is 1500. The van der Waals surface area contributed by atoms with E-state index < -0.39 is 51.0 Å². The molecule has 0 aromatic heterocycles. The van der Waals surface area contributed by atoms with Crippen LogP contribution in [0.1, 0.15) is 41.5 Å². The summed E-state index contributed by atoms with van der Waals surface area (Å²) in [5, 5.41) is 24.5. The zero-order valence-electron chi connectivity index (χ0n) is 25.5. The molecule has 0 radical (unpaired) electrons. The van der Waals surface area contributed by atoms with Crippen molar-refractivity contribution in [3.63, 3.8) is 0 Å². The molecule has 5 rings (SSSR count). The predicted octanol–water partition coefficient (Wildman–Crippen LogP) is 4.09. The summed E-state index contributed by atoms with van der Waals surface area (Å²) >= 11 is 0. The van der Waals surface area contributed by atoms with Gasteiger partial charge in [-0.2, -0.15) is 0 Å². The van der Waals surface area contributed by atoms with Gasteiger partial charge in [-0.15, -0.1) is 0 Å². The number of hydrogen-bond acceptors (Lipinski definition) is 8. The molecular weight excluding hydrogens is 588 g/mol. The molecule has 5 atom stereocenters. The Morgan fingerprint density at radius 3 is 1.49 bits per heavy atom. The lowest BCUT2D eigenvalue weighted by Crippen LogP contribution is -2.68. The molecule has 0 unspecified atom stereocenters. The Hall–Kier alpha value is -4.12. The lowest BCUT2D eigenvalue weighted by atomic mass is 9.98. The first-order valence-corrected chi connectivity index (χ1v) is 16.8. The minimum Gasteiger partial charge on any atom is -0.452 e. The summed E-state index contributed by atoms with van der Waals surface area (Å²) in [6.07, 6.45) is -7.32. The van der Waals surface area contributed by atoms with Crippen LogP contribution in [0.4, 0.5) is 0 Å². The van der Waals surface area contributed by atoms with Crippen molar-refractivity contribution in [2.75, 3.05) is 6.61 Å². The second kappa shape index (κ2) is 13.9. The van der Waals surface area contributed by atoms with Crippen LogP contribution in [0.5, 0.6) is 0 Å². The van der Waals surface area contributed by atoms with Crippen molar-refractivity contribution in [1.82, 2.24) is 0 Å². The molecule has 0 bridgehead atoms. The van der Waals surface area contributed by atoms with Crippen LogP contribution < -0.4 is 10.4 Å². The first-order valence-electron chi connectivity index (χ1n) is 14.9. The number of ether oxygens (including phenoxy) is 3. The maximum Gasteiger partial charge on any atom is 0.338 e. The van der Waals surface area contributed by atoms with Crippen molar-refractivity contribution in [2.24, 2.45) is 0 Å². The van der Waals surface area contributed by atoms with Gasteiger partial charge in [0.2, 0.25) is 0 Å². The number of rotatable bonds is 9. The van der Waals surface area contributed by atoms with Crippen molar-refractivity contribution < 1.29 is 38.4 Å². The average molecular weight is 627 g/mol. The van der Waals surface area contributed by atoms with E-state index in [0.717, 1.165) is 10.4 Å². The van der Waals surface area contributed by atoms with E-state index in [1.807, 2.05) is 60.7 Å². The van der Waals surface area contributed by atoms with Crippen LogP contribution in [0.25, 0.3) is 0 Å². The van der Waals surface area contributed by atoms with Crippen molar-refractivity contribution in [3.8, 4) is 0 Å². The Morgan fingerprint density at radius 1 is 0.667 bits per heavy atom. The molecule has 4 aromatic carbocycles. The highest BCUT2D eigenvalue weighted by atomic mass is 28.4. The van der Waals surface area contributed by atoms with E-state index in [1.165, 1.54) is 0 Å². The quantitative estimate of drug-likeness (QED) is 0.211. The van der Waals surface area contributed by atoms with Gasteiger partial charge in [0.15, 0.2) is 18.5 Å². The van der Waals surface area contributed by atoms with Gasteiger partial charge in [0, 0.05) is 0 Å². The molecule has 8 nitrogen and oxygen atoms in total. The van der Waals surface area contributed by atoms with Gasteiger partial charge < -0.3 is 28.8 Å². The molecule has 1 aliphatic rings. The molecule has 2 N–H and O–H groups in total. The van der Waals surface area contributed by atoms with Gasteiger partial charge in [0.05, 0.1) is 17.7 Å². The first kappa shape index (κ1) is 32.3. The number of aliphatic hydroxyl groups is 2. The zero-order valence-corrected chi connectivity index (χ0v) is 26.5. The van der Waals surface area contributed by atoms with Crippen molar-refractivity contribution in [3.05, 3.63) is 132 Å². The van der Waals surface area contributed by atoms with Crippen LogP contribution in [-0.2, 0) is 18.6 Å². The van der Waals surface area contributed by atoms with Gasteiger partial charge in [-0.1, -0.05) is 118 Å². The van der Waals surface area contributed by atoms with E-state index in [1.54, 1.807) is 60.7 Å². The maximum absolute atomic E-state index is 13.2.